The number of aromatic nitrogens is 3. The molecule has 6 heteroatoms. The first kappa shape index (κ1) is 10.8. The molecule has 0 aliphatic heterocycles. The molecule has 6 nitrogen and oxygen atoms in total. The van der Waals surface area contributed by atoms with Crippen molar-refractivity contribution in [1.29, 1.82) is 0 Å². The molecule has 1 saturated carbocycles. The summed E-state index contributed by atoms with van der Waals surface area (Å²) in [5.74, 6) is 0.116. The first-order valence-corrected chi connectivity index (χ1v) is 5.66. The van der Waals surface area contributed by atoms with Gasteiger partial charge in [0.15, 0.2) is 0 Å². The fourth-order valence-electron chi connectivity index (χ4n) is 1.77. The van der Waals surface area contributed by atoms with Gasteiger partial charge in [-0.15, -0.1) is 5.10 Å². The summed E-state index contributed by atoms with van der Waals surface area (Å²) in [5, 5.41) is 18.1. The van der Waals surface area contributed by atoms with Crippen molar-refractivity contribution in [1.82, 2.24) is 15.4 Å². The number of hydrogen-bond donors (Lipinski definition) is 2. The number of ether oxygens (including phenoxy) is 1. The number of nitrogens with zero attached hydrogens (tertiary/aromatic N) is 2. The number of hydrogen-bond acceptors (Lipinski definition) is 4. The molecule has 18 heavy (non-hydrogen) atoms. The molecule has 3 rings (SSSR count). The second-order valence-corrected chi connectivity index (χ2v) is 4.24. The van der Waals surface area contributed by atoms with Gasteiger partial charge in [-0.2, -0.15) is 0 Å². The monoisotopic (exact) mass is 245 g/mol. The zero-order chi connectivity index (χ0) is 12.5. The van der Waals surface area contributed by atoms with E-state index in [1.165, 1.54) is 18.4 Å². The first-order chi connectivity index (χ1) is 8.74. The fraction of sp³-hybridized carbons (Fsp3) is 0.250. The minimum absolute atomic E-state index is 0.0432. The predicted molar refractivity (Wildman–Crippen MR) is 61.8 cm³/mol. The van der Waals surface area contributed by atoms with Crippen molar-refractivity contribution in [2.24, 2.45) is 0 Å². The van der Waals surface area contributed by atoms with Gasteiger partial charge in [-0.3, -0.25) is 0 Å². The Kier molecular flexibility index (Phi) is 2.47. The zero-order valence-electron chi connectivity index (χ0n) is 9.46. The summed E-state index contributed by atoms with van der Waals surface area (Å²) in [6.07, 6.45) is 2.49. The normalized spacial score (nSPS) is 14.4. The van der Waals surface area contributed by atoms with E-state index >= 15 is 0 Å². The lowest BCUT2D eigenvalue weighted by molar-refractivity contribution is 0.0687. The maximum Gasteiger partial charge on any atom is 0.362 e. The van der Waals surface area contributed by atoms with Crippen molar-refractivity contribution in [2.75, 3.05) is 0 Å². The van der Waals surface area contributed by atoms with Crippen LogP contribution in [0.5, 0.6) is 11.6 Å². The Balaban J connectivity index is 1.78. The average Bonchev–Trinajstić information content (AvgIpc) is 3.10. The van der Waals surface area contributed by atoms with Crippen LogP contribution in [0.3, 0.4) is 0 Å². The first-order valence-electron chi connectivity index (χ1n) is 5.66. The van der Waals surface area contributed by atoms with E-state index in [1.807, 2.05) is 24.3 Å². The quantitative estimate of drug-likeness (QED) is 0.861. The highest BCUT2D eigenvalue weighted by atomic mass is 16.5. The second-order valence-electron chi connectivity index (χ2n) is 4.24. The van der Waals surface area contributed by atoms with Gasteiger partial charge in [-0.25, -0.2) is 9.89 Å². The largest absolute Gasteiger partial charge is 0.476 e. The number of nitrogens with one attached hydrogen (secondary N) is 1. The van der Waals surface area contributed by atoms with Crippen LogP contribution in [0.25, 0.3) is 0 Å². The van der Waals surface area contributed by atoms with Gasteiger partial charge in [0.2, 0.25) is 5.69 Å². The summed E-state index contributed by atoms with van der Waals surface area (Å²) in [6.45, 7) is 0. The highest BCUT2D eigenvalue weighted by Crippen LogP contribution is 2.40. The molecule has 2 N–H and O–H groups in total. The molecule has 1 aromatic carbocycles. The van der Waals surface area contributed by atoms with Crippen molar-refractivity contribution in [2.45, 2.75) is 18.8 Å². The van der Waals surface area contributed by atoms with Gasteiger partial charge in [0.05, 0.1) is 0 Å². The van der Waals surface area contributed by atoms with Crippen LogP contribution in [0.1, 0.15) is 34.8 Å². The van der Waals surface area contributed by atoms with Crippen LogP contribution in [0.2, 0.25) is 0 Å². The molecule has 0 atom stereocenters. The summed E-state index contributed by atoms with van der Waals surface area (Å²) in [7, 11) is 0. The van der Waals surface area contributed by atoms with E-state index < -0.39 is 5.97 Å². The molecule has 0 unspecified atom stereocenters. The van der Waals surface area contributed by atoms with Crippen molar-refractivity contribution in [3.8, 4) is 11.6 Å². The number of aromatic amines is 1. The fourth-order valence-corrected chi connectivity index (χ4v) is 1.77. The van der Waals surface area contributed by atoms with Gasteiger partial charge < -0.3 is 9.84 Å². The van der Waals surface area contributed by atoms with E-state index in [-0.39, 0.29) is 11.6 Å². The van der Waals surface area contributed by atoms with E-state index in [2.05, 4.69) is 15.4 Å². The number of benzene rings is 1. The van der Waals surface area contributed by atoms with E-state index in [0.717, 1.165) is 0 Å². The van der Waals surface area contributed by atoms with Gasteiger partial charge in [0.25, 0.3) is 5.88 Å². The molecule has 0 saturated heterocycles. The van der Waals surface area contributed by atoms with Crippen LogP contribution in [-0.2, 0) is 0 Å². The SMILES string of the molecule is O=C(O)c1nn[nH]c1Oc1ccc(C2CC2)cc1. The van der Waals surface area contributed by atoms with Crippen LogP contribution in [0.15, 0.2) is 24.3 Å². The number of H-pyrrole nitrogens is 1. The van der Waals surface area contributed by atoms with Crippen LogP contribution in [0, 0.1) is 0 Å². The number of aromatic carboxylic acids is 1. The molecule has 1 heterocycles. The molecule has 1 fully saturated rings. The maximum atomic E-state index is 10.8. The summed E-state index contributed by atoms with van der Waals surface area (Å²) in [6, 6.07) is 7.63. The second kappa shape index (κ2) is 4.14. The van der Waals surface area contributed by atoms with Gasteiger partial charge in [-0.05, 0) is 36.5 Å². The van der Waals surface area contributed by atoms with Crippen molar-refractivity contribution in [3.63, 3.8) is 0 Å². The third kappa shape index (κ3) is 2.04. The van der Waals surface area contributed by atoms with Gasteiger partial charge >= 0.3 is 5.97 Å². The summed E-state index contributed by atoms with van der Waals surface area (Å²) >= 11 is 0. The standard InChI is InChI=1S/C12H11N3O3/c16-12(17)10-11(14-15-13-10)18-9-5-3-8(4-6-9)7-1-2-7/h3-7H,1-2H2,(H,16,17)(H,13,14,15). The Hall–Kier alpha value is -2.37. The summed E-state index contributed by atoms with van der Waals surface area (Å²) in [4.78, 5) is 10.8. The molecule has 1 aromatic heterocycles. The van der Waals surface area contributed by atoms with Gasteiger partial charge in [0, 0.05) is 0 Å². The molecule has 0 bridgehead atoms. The third-order valence-electron chi connectivity index (χ3n) is 2.87. The zero-order valence-corrected chi connectivity index (χ0v) is 9.46. The Morgan fingerprint density at radius 1 is 1.33 bits per heavy atom. The van der Waals surface area contributed by atoms with E-state index in [9.17, 15) is 4.79 Å². The summed E-state index contributed by atoms with van der Waals surface area (Å²) < 4.78 is 5.40. The number of carboxylic acids is 1. The van der Waals surface area contributed by atoms with E-state index in [0.29, 0.717) is 11.7 Å². The highest BCUT2D eigenvalue weighted by molar-refractivity contribution is 5.87. The molecule has 0 radical (unpaired) electrons. The molecular weight excluding hydrogens is 234 g/mol. The number of rotatable bonds is 4. The highest BCUT2D eigenvalue weighted by Gasteiger charge is 2.23. The Bertz CT molecular complexity index is 573. The number of carboxylic acid groups (broad SMARTS) is 1. The van der Waals surface area contributed by atoms with Crippen LogP contribution in [-0.4, -0.2) is 26.5 Å². The van der Waals surface area contributed by atoms with Gasteiger partial charge in [-0.1, -0.05) is 17.3 Å². The Labute approximate surface area is 103 Å². The summed E-state index contributed by atoms with van der Waals surface area (Å²) in [5.41, 5.74) is 1.07. The molecule has 2 aromatic rings. The van der Waals surface area contributed by atoms with Gasteiger partial charge in [0.1, 0.15) is 5.75 Å². The van der Waals surface area contributed by atoms with E-state index in [1.54, 1.807) is 0 Å². The van der Waals surface area contributed by atoms with Crippen molar-refractivity contribution >= 4 is 5.97 Å². The molecule has 1 aliphatic carbocycles. The Morgan fingerprint density at radius 2 is 2.06 bits per heavy atom. The smallest absolute Gasteiger partial charge is 0.362 e. The predicted octanol–water partition coefficient (Wildman–Crippen LogP) is 2.17. The van der Waals surface area contributed by atoms with Crippen molar-refractivity contribution in [3.05, 3.63) is 35.5 Å². The molecule has 0 amide bonds. The lowest BCUT2D eigenvalue weighted by atomic mass is 10.1. The topological polar surface area (TPSA) is 88.1 Å². The molecule has 92 valence electrons. The third-order valence-corrected chi connectivity index (χ3v) is 2.87. The molecule has 1 aliphatic rings. The lowest BCUT2D eigenvalue weighted by Gasteiger charge is -2.04. The average molecular weight is 245 g/mol. The molecular formula is C12H11N3O3. The number of carbonyl (C=O) groups is 1. The van der Waals surface area contributed by atoms with Crippen molar-refractivity contribution < 1.29 is 14.6 Å². The van der Waals surface area contributed by atoms with Crippen LogP contribution < -0.4 is 4.74 Å². The van der Waals surface area contributed by atoms with E-state index in [4.69, 9.17) is 9.84 Å². The minimum atomic E-state index is -1.17. The maximum absolute atomic E-state index is 10.8. The minimum Gasteiger partial charge on any atom is -0.476 e. The van der Waals surface area contributed by atoms with Crippen LogP contribution >= 0.6 is 0 Å². The molecule has 0 spiro atoms. The lowest BCUT2D eigenvalue weighted by Crippen LogP contribution is -1.99. The Morgan fingerprint density at radius 3 is 2.67 bits per heavy atom. The van der Waals surface area contributed by atoms with Crippen LogP contribution in [0.4, 0.5) is 0 Å².